The van der Waals surface area contributed by atoms with E-state index in [9.17, 15) is 19.2 Å². The summed E-state index contributed by atoms with van der Waals surface area (Å²) in [4.78, 5) is 60.2. The molecular weight excluding hydrogens is 462 g/mol. The number of carbonyl (C=O) groups excluding carboxylic acids is 3. The first-order chi connectivity index (χ1) is 16.4. The lowest BCUT2D eigenvalue weighted by molar-refractivity contribution is -0.181. The normalized spacial score (nSPS) is 21.3. The molecule has 34 heavy (non-hydrogen) atoms. The number of aromatic nitrogens is 3. The molecule has 0 atom stereocenters. The molecule has 1 saturated heterocycles. The first kappa shape index (κ1) is 23.0. The highest BCUT2D eigenvalue weighted by atomic mass is 35.5. The van der Waals surface area contributed by atoms with Gasteiger partial charge in [-0.3, -0.25) is 28.7 Å². The van der Waals surface area contributed by atoms with Crippen molar-refractivity contribution in [2.45, 2.75) is 56.8 Å². The number of carbonyl (C=O) groups is 3. The van der Waals surface area contributed by atoms with Gasteiger partial charge in [-0.2, -0.15) is 0 Å². The quantitative estimate of drug-likeness (QED) is 0.479. The Kier molecular flexibility index (Phi) is 6.18. The molecule has 9 nitrogen and oxygen atoms in total. The molecule has 0 aromatic carbocycles. The zero-order chi connectivity index (χ0) is 23.9. The topological polar surface area (TPSA) is 117 Å². The Labute approximate surface area is 200 Å². The maximum absolute atomic E-state index is 13.7. The second-order valence-corrected chi connectivity index (χ2v) is 9.42. The highest BCUT2D eigenvalue weighted by molar-refractivity contribution is 6.30. The Morgan fingerprint density at radius 2 is 1.71 bits per heavy atom. The van der Waals surface area contributed by atoms with Crippen LogP contribution in [-0.4, -0.2) is 50.9 Å². The molecule has 0 amide bonds. The summed E-state index contributed by atoms with van der Waals surface area (Å²) < 4.78 is 13.1. The average molecular weight is 486 g/mol. The molecule has 1 aliphatic heterocycles. The number of ether oxygens (including phenoxy) is 2. The number of hydrogen-bond acceptors (Lipinski definition) is 8. The minimum atomic E-state index is -1.43. The first-order valence-corrected chi connectivity index (χ1v) is 11.9. The van der Waals surface area contributed by atoms with Gasteiger partial charge in [0.15, 0.2) is 23.1 Å². The van der Waals surface area contributed by atoms with Crippen molar-refractivity contribution in [3.8, 4) is 11.4 Å². The van der Waals surface area contributed by atoms with E-state index >= 15 is 0 Å². The van der Waals surface area contributed by atoms with Crippen LogP contribution in [-0.2, 0) is 19.1 Å². The van der Waals surface area contributed by atoms with Crippen LogP contribution in [0.5, 0.6) is 0 Å². The summed E-state index contributed by atoms with van der Waals surface area (Å²) in [7, 11) is 0. The minimum absolute atomic E-state index is 0.154. The van der Waals surface area contributed by atoms with Crippen molar-refractivity contribution in [2.24, 2.45) is 5.92 Å². The second kappa shape index (κ2) is 9.13. The Bertz CT molecular complexity index is 1190. The molecule has 3 heterocycles. The second-order valence-electron chi connectivity index (χ2n) is 8.98. The fraction of sp³-hybridized carbons (Fsp3) is 0.500. The van der Waals surface area contributed by atoms with Gasteiger partial charge in [-0.25, -0.2) is 4.98 Å². The van der Waals surface area contributed by atoms with Gasteiger partial charge in [-0.05, 0) is 25.3 Å². The van der Waals surface area contributed by atoms with Crippen LogP contribution < -0.4 is 5.56 Å². The molecule has 10 heteroatoms. The number of hydrogen-bond donors (Lipinski definition) is 0. The van der Waals surface area contributed by atoms with Crippen LogP contribution in [0, 0.1) is 5.92 Å². The van der Waals surface area contributed by atoms with Gasteiger partial charge in [0.1, 0.15) is 17.3 Å². The number of Topliss-reactive ketones (excluding diaryl/α,β-unsaturated/α-hetero) is 3. The van der Waals surface area contributed by atoms with E-state index in [2.05, 4.69) is 9.97 Å². The van der Waals surface area contributed by atoms with Gasteiger partial charge in [-0.15, -0.1) is 0 Å². The highest BCUT2D eigenvalue weighted by Crippen LogP contribution is 2.41. The van der Waals surface area contributed by atoms with Crippen LogP contribution in [0.2, 0.25) is 5.02 Å². The van der Waals surface area contributed by atoms with E-state index in [4.69, 9.17) is 21.1 Å². The lowest BCUT2D eigenvalue weighted by atomic mass is 9.82. The molecular formula is C24H24ClN3O6. The third-order valence-electron chi connectivity index (χ3n) is 6.87. The average Bonchev–Trinajstić information content (AvgIpc) is 3.27. The Balaban J connectivity index is 1.57. The molecule has 1 spiro atoms. The number of nitrogens with zero attached hydrogens (tertiary/aromatic N) is 3. The SMILES string of the molecule is O=C1CCCC(=O)C1C(=O)c1cnc(-c2cncc(Cl)c2)n(C2CCC3(CC2)OCCO3)c1=O. The molecule has 2 aromatic heterocycles. The van der Waals surface area contributed by atoms with Crippen molar-refractivity contribution in [3.63, 3.8) is 0 Å². The van der Waals surface area contributed by atoms with Crippen molar-refractivity contribution < 1.29 is 23.9 Å². The molecule has 3 aliphatic rings. The van der Waals surface area contributed by atoms with Gasteiger partial charge < -0.3 is 9.47 Å². The van der Waals surface area contributed by atoms with E-state index in [1.165, 1.54) is 17.0 Å². The fourth-order valence-electron chi connectivity index (χ4n) is 5.16. The van der Waals surface area contributed by atoms with Crippen LogP contribution in [0.25, 0.3) is 11.4 Å². The van der Waals surface area contributed by atoms with Gasteiger partial charge >= 0.3 is 0 Å². The predicted molar refractivity (Wildman–Crippen MR) is 121 cm³/mol. The summed E-state index contributed by atoms with van der Waals surface area (Å²) in [6.07, 6.45) is 7.26. The largest absolute Gasteiger partial charge is 0.348 e. The maximum Gasteiger partial charge on any atom is 0.264 e. The molecule has 2 aromatic rings. The van der Waals surface area contributed by atoms with Crippen molar-refractivity contribution in [2.75, 3.05) is 13.2 Å². The molecule has 0 N–H and O–H groups in total. The van der Waals surface area contributed by atoms with E-state index in [0.29, 0.717) is 61.7 Å². The third kappa shape index (κ3) is 4.12. The van der Waals surface area contributed by atoms with E-state index in [0.717, 1.165) is 0 Å². The van der Waals surface area contributed by atoms with Crippen LogP contribution in [0.15, 0.2) is 29.5 Å². The Morgan fingerprint density at radius 1 is 1.03 bits per heavy atom. The summed E-state index contributed by atoms with van der Waals surface area (Å²) in [6.45, 7) is 1.08. The van der Waals surface area contributed by atoms with E-state index < -0.39 is 34.6 Å². The number of ketones is 3. The monoisotopic (exact) mass is 485 g/mol. The zero-order valence-electron chi connectivity index (χ0n) is 18.5. The predicted octanol–water partition coefficient (Wildman–Crippen LogP) is 2.94. The van der Waals surface area contributed by atoms with Gasteiger partial charge in [-0.1, -0.05) is 11.6 Å². The van der Waals surface area contributed by atoms with Gasteiger partial charge in [0, 0.05) is 55.9 Å². The molecule has 3 fully saturated rings. The summed E-state index contributed by atoms with van der Waals surface area (Å²) >= 11 is 6.13. The van der Waals surface area contributed by atoms with E-state index in [-0.39, 0.29) is 24.4 Å². The van der Waals surface area contributed by atoms with Crippen molar-refractivity contribution in [1.29, 1.82) is 0 Å². The van der Waals surface area contributed by atoms with Crippen molar-refractivity contribution in [3.05, 3.63) is 45.6 Å². The van der Waals surface area contributed by atoms with Gasteiger partial charge in [0.05, 0.1) is 18.2 Å². The highest BCUT2D eigenvalue weighted by Gasteiger charge is 2.42. The van der Waals surface area contributed by atoms with Crippen molar-refractivity contribution in [1.82, 2.24) is 14.5 Å². The third-order valence-corrected chi connectivity index (χ3v) is 7.08. The summed E-state index contributed by atoms with van der Waals surface area (Å²) in [6, 6.07) is 1.37. The zero-order valence-corrected chi connectivity index (χ0v) is 19.3. The molecule has 0 radical (unpaired) electrons. The van der Waals surface area contributed by atoms with Crippen molar-refractivity contribution >= 4 is 29.0 Å². The summed E-state index contributed by atoms with van der Waals surface area (Å²) in [5, 5.41) is 0.382. The molecule has 2 aliphatic carbocycles. The van der Waals surface area contributed by atoms with E-state index in [1.54, 1.807) is 12.3 Å². The minimum Gasteiger partial charge on any atom is -0.348 e. The molecule has 2 saturated carbocycles. The standard InChI is InChI=1S/C24H24ClN3O6/c25-15-10-14(11-26-12-15)22-27-13-17(21(31)20-18(29)2-1-3-19(20)30)23(32)28(22)16-4-6-24(7-5-16)33-8-9-34-24/h10-13,16,20H,1-9H2. The number of halogens is 1. The number of pyridine rings is 1. The first-order valence-electron chi connectivity index (χ1n) is 11.5. The van der Waals surface area contributed by atoms with Crippen LogP contribution in [0.1, 0.15) is 61.3 Å². The van der Waals surface area contributed by atoms with Crippen LogP contribution >= 0.6 is 11.6 Å². The fourth-order valence-corrected chi connectivity index (χ4v) is 5.34. The maximum atomic E-state index is 13.7. The molecule has 5 rings (SSSR count). The van der Waals surface area contributed by atoms with Gasteiger partial charge in [0.25, 0.3) is 5.56 Å². The molecule has 178 valence electrons. The summed E-state index contributed by atoms with van der Waals surface area (Å²) in [5.41, 5.74) is -0.293. The van der Waals surface area contributed by atoms with Gasteiger partial charge in [0.2, 0.25) is 0 Å². The Morgan fingerprint density at radius 3 is 2.35 bits per heavy atom. The van der Waals surface area contributed by atoms with Crippen LogP contribution in [0.4, 0.5) is 0 Å². The smallest absolute Gasteiger partial charge is 0.264 e. The number of rotatable bonds is 4. The van der Waals surface area contributed by atoms with E-state index in [1.807, 2.05) is 0 Å². The summed E-state index contributed by atoms with van der Waals surface area (Å²) in [5.74, 6) is -3.38. The van der Waals surface area contributed by atoms with Crippen LogP contribution in [0.3, 0.4) is 0 Å². The Hall–Kier alpha value is -2.75. The molecule has 0 unspecified atom stereocenters. The lowest BCUT2D eigenvalue weighted by Crippen LogP contribution is -2.42. The molecule has 0 bridgehead atoms. The lowest BCUT2D eigenvalue weighted by Gasteiger charge is -2.36.